The Bertz CT molecular complexity index is 949. The third-order valence-electron chi connectivity index (χ3n) is 3.85. The Labute approximate surface area is 123 Å². The SMILES string of the molecule is Oc1[c]c2ccccc2cc1-c1cccc2ccccc12. The number of phenolic OH excluding ortho intramolecular Hbond substituents is 1. The maximum Gasteiger partial charge on any atom is 0.132 e. The van der Waals surface area contributed by atoms with Crippen molar-refractivity contribution in [3.8, 4) is 16.9 Å². The van der Waals surface area contributed by atoms with Crippen molar-refractivity contribution in [1.82, 2.24) is 0 Å². The quantitative estimate of drug-likeness (QED) is 0.505. The lowest BCUT2D eigenvalue weighted by Crippen LogP contribution is -1.84. The first-order valence-electron chi connectivity index (χ1n) is 6.95. The van der Waals surface area contributed by atoms with Gasteiger partial charge in [0.2, 0.25) is 0 Å². The minimum Gasteiger partial charge on any atom is -0.507 e. The van der Waals surface area contributed by atoms with Crippen molar-refractivity contribution < 1.29 is 5.11 Å². The van der Waals surface area contributed by atoms with Gasteiger partial charge in [-0.15, -0.1) is 0 Å². The molecule has 0 amide bonds. The summed E-state index contributed by atoms with van der Waals surface area (Å²) in [6, 6.07) is 27.4. The Hall–Kier alpha value is -2.80. The van der Waals surface area contributed by atoms with Gasteiger partial charge >= 0.3 is 0 Å². The Balaban J connectivity index is 2.06. The minimum atomic E-state index is 0.199. The Kier molecular flexibility index (Phi) is 2.65. The van der Waals surface area contributed by atoms with E-state index >= 15 is 0 Å². The number of hydrogen-bond acceptors (Lipinski definition) is 1. The largest absolute Gasteiger partial charge is 0.507 e. The lowest BCUT2D eigenvalue weighted by atomic mass is 9.95. The van der Waals surface area contributed by atoms with E-state index in [-0.39, 0.29) is 5.75 Å². The zero-order valence-corrected chi connectivity index (χ0v) is 11.4. The topological polar surface area (TPSA) is 20.2 Å². The molecule has 1 nitrogen and oxygen atoms in total. The summed E-state index contributed by atoms with van der Waals surface area (Å²) in [6.07, 6.45) is 0. The molecule has 0 aliphatic heterocycles. The highest BCUT2D eigenvalue weighted by molar-refractivity contribution is 6.00. The van der Waals surface area contributed by atoms with Crippen molar-refractivity contribution in [3.05, 3.63) is 78.9 Å². The van der Waals surface area contributed by atoms with Crippen LogP contribution in [0.1, 0.15) is 0 Å². The van der Waals surface area contributed by atoms with Crippen LogP contribution < -0.4 is 0 Å². The molecule has 0 atom stereocenters. The van der Waals surface area contributed by atoms with E-state index in [9.17, 15) is 5.11 Å². The van der Waals surface area contributed by atoms with Gasteiger partial charge in [-0.2, -0.15) is 0 Å². The molecule has 0 saturated carbocycles. The summed E-state index contributed by atoms with van der Waals surface area (Å²) in [4.78, 5) is 0. The summed E-state index contributed by atoms with van der Waals surface area (Å²) >= 11 is 0. The second-order valence-electron chi connectivity index (χ2n) is 5.15. The van der Waals surface area contributed by atoms with Gasteiger partial charge < -0.3 is 5.11 Å². The maximum atomic E-state index is 10.4. The molecule has 0 aliphatic carbocycles. The van der Waals surface area contributed by atoms with E-state index < -0.39 is 0 Å². The van der Waals surface area contributed by atoms with Gasteiger partial charge in [-0.25, -0.2) is 0 Å². The summed E-state index contributed by atoms with van der Waals surface area (Å²) in [5.41, 5.74) is 1.86. The average molecular weight is 269 g/mol. The van der Waals surface area contributed by atoms with E-state index in [1.54, 1.807) is 0 Å². The highest BCUT2D eigenvalue weighted by Gasteiger charge is 2.09. The van der Waals surface area contributed by atoms with E-state index in [0.717, 1.165) is 27.3 Å². The second kappa shape index (κ2) is 4.64. The summed E-state index contributed by atoms with van der Waals surface area (Å²) < 4.78 is 0. The molecular weight excluding hydrogens is 256 g/mol. The zero-order chi connectivity index (χ0) is 14.2. The standard InChI is InChI=1S/C20H13O/c21-20-13-16-8-2-1-7-15(16)12-19(20)18-11-5-9-14-6-3-4-10-17(14)18/h1-12,21H. The molecule has 0 unspecified atom stereocenters. The molecule has 1 heteroatoms. The van der Waals surface area contributed by atoms with E-state index in [4.69, 9.17) is 0 Å². The predicted molar refractivity (Wildman–Crippen MR) is 87.4 cm³/mol. The summed E-state index contributed by atoms with van der Waals surface area (Å²) in [7, 11) is 0. The molecule has 99 valence electrons. The predicted octanol–water partition coefficient (Wildman–Crippen LogP) is 5.17. The van der Waals surface area contributed by atoms with Crippen LogP contribution in [0.3, 0.4) is 0 Å². The number of aromatic hydroxyl groups is 1. The first kappa shape index (κ1) is 12.0. The van der Waals surface area contributed by atoms with Crippen LogP contribution in [0.4, 0.5) is 0 Å². The van der Waals surface area contributed by atoms with Gasteiger partial charge in [-0.3, -0.25) is 0 Å². The molecule has 4 rings (SSSR count). The van der Waals surface area contributed by atoms with Crippen LogP contribution in [0.2, 0.25) is 0 Å². The third-order valence-corrected chi connectivity index (χ3v) is 3.85. The van der Waals surface area contributed by atoms with Crippen LogP contribution in [0.5, 0.6) is 5.75 Å². The van der Waals surface area contributed by atoms with Crippen molar-refractivity contribution in [2.45, 2.75) is 0 Å². The average Bonchev–Trinajstić information content (AvgIpc) is 2.54. The molecular formula is C20H13O. The number of rotatable bonds is 1. The normalized spacial score (nSPS) is 11.0. The van der Waals surface area contributed by atoms with Crippen molar-refractivity contribution in [1.29, 1.82) is 0 Å². The lowest BCUT2D eigenvalue weighted by Gasteiger charge is -2.10. The van der Waals surface area contributed by atoms with Crippen molar-refractivity contribution in [2.24, 2.45) is 0 Å². The van der Waals surface area contributed by atoms with Crippen LogP contribution in [-0.2, 0) is 0 Å². The van der Waals surface area contributed by atoms with E-state index in [2.05, 4.69) is 24.3 Å². The van der Waals surface area contributed by atoms with Crippen LogP contribution in [0, 0.1) is 6.07 Å². The Morgan fingerprint density at radius 2 is 1.38 bits per heavy atom. The molecule has 0 aromatic heterocycles. The Morgan fingerprint density at radius 3 is 2.29 bits per heavy atom. The highest BCUT2D eigenvalue weighted by Crippen LogP contribution is 2.36. The molecule has 0 fully saturated rings. The molecule has 0 spiro atoms. The van der Waals surface area contributed by atoms with Gasteiger partial charge in [-0.05, 0) is 33.2 Å². The van der Waals surface area contributed by atoms with Gasteiger partial charge in [0.15, 0.2) is 0 Å². The van der Waals surface area contributed by atoms with Crippen LogP contribution >= 0.6 is 0 Å². The first-order valence-corrected chi connectivity index (χ1v) is 6.95. The molecule has 0 aliphatic rings. The minimum absolute atomic E-state index is 0.199. The third kappa shape index (κ3) is 1.95. The van der Waals surface area contributed by atoms with Crippen molar-refractivity contribution in [2.75, 3.05) is 0 Å². The fourth-order valence-electron chi connectivity index (χ4n) is 2.82. The van der Waals surface area contributed by atoms with Crippen LogP contribution in [-0.4, -0.2) is 5.11 Å². The molecule has 1 radical (unpaired) electrons. The van der Waals surface area contributed by atoms with Crippen LogP contribution in [0.25, 0.3) is 32.7 Å². The Morgan fingerprint density at radius 1 is 0.667 bits per heavy atom. The maximum absolute atomic E-state index is 10.4. The molecule has 0 bridgehead atoms. The molecule has 0 saturated heterocycles. The summed E-state index contributed by atoms with van der Waals surface area (Å²) in [5.74, 6) is 0.199. The smallest absolute Gasteiger partial charge is 0.132 e. The monoisotopic (exact) mass is 269 g/mol. The van der Waals surface area contributed by atoms with Crippen LogP contribution in [0.15, 0.2) is 72.8 Å². The molecule has 4 aromatic carbocycles. The highest BCUT2D eigenvalue weighted by atomic mass is 16.3. The molecule has 4 aromatic rings. The van der Waals surface area contributed by atoms with E-state index in [1.165, 1.54) is 5.39 Å². The first-order chi connectivity index (χ1) is 10.3. The van der Waals surface area contributed by atoms with E-state index in [0.29, 0.717) is 0 Å². The molecule has 21 heavy (non-hydrogen) atoms. The molecule has 0 heterocycles. The van der Waals surface area contributed by atoms with Gasteiger partial charge in [0, 0.05) is 11.6 Å². The van der Waals surface area contributed by atoms with E-state index in [1.807, 2.05) is 54.6 Å². The van der Waals surface area contributed by atoms with Gasteiger partial charge in [0.05, 0.1) is 0 Å². The number of hydrogen-bond donors (Lipinski definition) is 1. The summed E-state index contributed by atoms with van der Waals surface area (Å²) in [5, 5.41) is 14.7. The fourth-order valence-corrected chi connectivity index (χ4v) is 2.82. The number of fused-ring (bicyclic) bond motifs is 2. The van der Waals surface area contributed by atoms with Crippen molar-refractivity contribution >= 4 is 21.5 Å². The second-order valence-corrected chi connectivity index (χ2v) is 5.15. The number of phenols is 1. The fraction of sp³-hybridized carbons (Fsp3) is 0. The lowest BCUT2D eigenvalue weighted by molar-refractivity contribution is 0.477. The van der Waals surface area contributed by atoms with Crippen molar-refractivity contribution in [3.63, 3.8) is 0 Å². The summed E-state index contributed by atoms with van der Waals surface area (Å²) in [6.45, 7) is 0. The number of benzene rings is 4. The van der Waals surface area contributed by atoms with Gasteiger partial charge in [0.1, 0.15) is 5.75 Å². The van der Waals surface area contributed by atoms with Gasteiger partial charge in [0.25, 0.3) is 0 Å². The zero-order valence-electron chi connectivity index (χ0n) is 11.4. The van der Waals surface area contributed by atoms with Gasteiger partial charge in [-0.1, -0.05) is 66.7 Å². The molecule has 1 N–H and O–H groups in total.